The van der Waals surface area contributed by atoms with Crippen LogP contribution in [-0.2, 0) is 13.0 Å². The Bertz CT molecular complexity index is 1230. The van der Waals surface area contributed by atoms with E-state index >= 15 is 0 Å². The first-order valence-corrected chi connectivity index (χ1v) is 9.72. The highest BCUT2D eigenvalue weighted by molar-refractivity contribution is 7.07. The third-order valence-electron chi connectivity index (χ3n) is 4.39. The lowest BCUT2D eigenvalue weighted by molar-refractivity contribution is 0.556. The van der Waals surface area contributed by atoms with Gasteiger partial charge in [0, 0.05) is 23.9 Å². The number of nitriles is 2. The summed E-state index contributed by atoms with van der Waals surface area (Å²) in [7, 11) is 0. The van der Waals surface area contributed by atoms with Crippen molar-refractivity contribution in [1.29, 1.82) is 10.5 Å². The lowest BCUT2D eigenvalue weighted by atomic mass is 10.1. The van der Waals surface area contributed by atoms with Crippen LogP contribution in [-0.4, -0.2) is 4.57 Å². The number of para-hydroxylation sites is 1. The molecule has 136 valence electrons. The number of aromatic nitrogens is 1. The van der Waals surface area contributed by atoms with Gasteiger partial charge in [0.25, 0.3) is 5.56 Å². The topological polar surface area (TPSA) is 82.7 Å². The molecule has 0 saturated heterocycles. The van der Waals surface area contributed by atoms with E-state index in [4.69, 9.17) is 4.42 Å². The minimum Gasteiger partial charge on any atom is -0.460 e. The van der Waals surface area contributed by atoms with Crippen LogP contribution in [0.3, 0.4) is 0 Å². The molecule has 0 bridgehead atoms. The molecule has 5 nitrogen and oxygen atoms in total. The average molecular weight is 377 g/mol. The van der Waals surface area contributed by atoms with Gasteiger partial charge in [0.05, 0.1) is 4.53 Å². The molecule has 2 heterocycles. The summed E-state index contributed by atoms with van der Waals surface area (Å²) >= 11 is 1.19. The highest BCUT2D eigenvalue weighted by Crippen LogP contribution is 2.26. The van der Waals surface area contributed by atoms with E-state index in [1.807, 2.05) is 56.3 Å². The molecule has 0 saturated carbocycles. The molecular weight excluding hydrogens is 358 g/mol. The largest absolute Gasteiger partial charge is 0.460 e. The summed E-state index contributed by atoms with van der Waals surface area (Å²) in [5.41, 5.74) is 1.47. The van der Waals surface area contributed by atoms with Gasteiger partial charge in [0.1, 0.15) is 28.1 Å². The van der Waals surface area contributed by atoms with Crippen LogP contribution in [0.4, 0.5) is 0 Å². The van der Waals surface area contributed by atoms with Crippen molar-refractivity contribution in [2.24, 2.45) is 0 Å². The first-order valence-electron chi connectivity index (χ1n) is 8.90. The quantitative estimate of drug-likeness (QED) is 0.684. The van der Waals surface area contributed by atoms with E-state index < -0.39 is 0 Å². The molecule has 0 spiro atoms. The maximum atomic E-state index is 13.0. The molecule has 0 atom stereocenters. The summed E-state index contributed by atoms with van der Waals surface area (Å²) in [4.78, 5) is 13.0. The maximum absolute atomic E-state index is 13.0. The van der Waals surface area contributed by atoms with E-state index in [0.717, 1.165) is 35.1 Å². The minimum absolute atomic E-state index is 0.0272. The molecule has 0 amide bonds. The van der Waals surface area contributed by atoms with Crippen LogP contribution in [0, 0.1) is 22.7 Å². The number of thiazole rings is 1. The van der Waals surface area contributed by atoms with E-state index in [9.17, 15) is 15.3 Å². The Labute approximate surface area is 160 Å². The predicted molar refractivity (Wildman–Crippen MR) is 107 cm³/mol. The zero-order valence-electron chi connectivity index (χ0n) is 15.3. The number of nitrogens with zero attached hydrogens (tertiary/aromatic N) is 3. The van der Waals surface area contributed by atoms with Crippen molar-refractivity contribution in [3.63, 3.8) is 0 Å². The monoisotopic (exact) mass is 377 g/mol. The van der Waals surface area contributed by atoms with E-state index in [1.54, 1.807) is 4.57 Å². The molecule has 0 radical (unpaired) electrons. The van der Waals surface area contributed by atoms with E-state index in [-0.39, 0.29) is 11.1 Å². The van der Waals surface area contributed by atoms with Gasteiger partial charge in [-0.2, -0.15) is 10.5 Å². The zero-order valence-corrected chi connectivity index (χ0v) is 16.1. The van der Waals surface area contributed by atoms with Gasteiger partial charge in [0.15, 0.2) is 5.57 Å². The Balaban J connectivity index is 2.34. The Hall–Kier alpha value is -3.09. The first kappa shape index (κ1) is 18.7. The molecule has 0 aliphatic carbocycles. The summed E-state index contributed by atoms with van der Waals surface area (Å²) in [5.74, 6) is 0.815. The van der Waals surface area contributed by atoms with Crippen LogP contribution in [0.25, 0.3) is 22.6 Å². The second kappa shape index (κ2) is 8.07. The molecule has 27 heavy (non-hydrogen) atoms. The van der Waals surface area contributed by atoms with Crippen molar-refractivity contribution >= 4 is 34.0 Å². The molecule has 2 aromatic heterocycles. The van der Waals surface area contributed by atoms with Gasteiger partial charge < -0.3 is 4.42 Å². The smallest absolute Gasteiger partial charge is 0.269 e. The second-order valence-electron chi connectivity index (χ2n) is 6.11. The molecule has 0 fully saturated rings. The van der Waals surface area contributed by atoms with Crippen molar-refractivity contribution in [3.05, 3.63) is 55.1 Å². The SMILES string of the molecule is CCCCn1c(=C(C#N)C#N)s/c(=C/c2c(CC)oc3ccccc23)c1=O. The summed E-state index contributed by atoms with van der Waals surface area (Å²) in [6, 6.07) is 11.5. The third-order valence-corrected chi connectivity index (χ3v) is 5.52. The van der Waals surface area contributed by atoms with Gasteiger partial charge in [0.2, 0.25) is 0 Å². The normalized spacial score (nSPS) is 11.5. The number of fused-ring (bicyclic) bond motifs is 1. The van der Waals surface area contributed by atoms with Crippen LogP contribution in [0.2, 0.25) is 0 Å². The van der Waals surface area contributed by atoms with Gasteiger partial charge in [-0.1, -0.05) is 38.5 Å². The summed E-state index contributed by atoms with van der Waals surface area (Å²) in [6.45, 7) is 4.54. The molecule has 0 N–H and O–H groups in total. The summed E-state index contributed by atoms with van der Waals surface area (Å²) in [6.07, 6.45) is 4.26. The van der Waals surface area contributed by atoms with Gasteiger partial charge in [-0.15, -0.1) is 11.3 Å². The molecular formula is C21H19N3O2S. The van der Waals surface area contributed by atoms with E-state index in [2.05, 4.69) is 0 Å². The van der Waals surface area contributed by atoms with Gasteiger partial charge in [-0.3, -0.25) is 9.36 Å². The Morgan fingerprint density at radius 3 is 2.67 bits per heavy atom. The second-order valence-corrected chi connectivity index (χ2v) is 7.14. The van der Waals surface area contributed by atoms with Crippen LogP contribution in [0.1, 0.15) is 38.0 Å². The van der Waals surface area contributed by atoms with Gasteiger partial charge >= 0.3 is 0 Å². The Morgan fingerprint density at radius 2 is 2.00 bits per heavy atom. The lowest BCUT2D eigenvalue weighted by Crippen LogP contribution is -2.32. The number of aryl methyl sites for hydroxylation is 1. The number of unbranched alkanes of at least 4 members (excludes halogenated alkanes) is 1. The Kier molecular flexibility index (Phi) is 5.59. The molecule has 1 aromatic carbocycles. The number of rotatable bonds is 5. The standard InChI is InChI=1S/C21H19N3O2S/c1-3-5-10-24-20(25)19(27-21(24)14(12-22)13-23)11-16-15-8-6-7-9-18(15)26-17(16)4-2/h6-9,11H,3-5,10H2,1-2H3/b19-11+. The highest BCUT2D eigenvalue weighted by Gasteiger charge is 2.13. The van der Waals surface area contributed by atoms with E-state index in [0.29, 0.717) is 22.2 Å². The minimum atomic E-state index is -0.168. The molecule has 0 aliphatic rings. The number of furan rings is 1. The highest BCUT2D eigenvalue weighted by atomic mass is 32.1. The van der Waals surface area contributed by atoms with Crippen molar-refractivity contribution in [3.8, 4) is 12.1 Å². The first-order chi connectivity index (χ1) is 13.1. The average Bonchev–Trinajstić information content (AvgIpc) is 3.20. The van der Waals surface area contributed by atoms with Crippen LogP contribution in [0.5, 0.6) is 0 Å². The van der Waals surface area contributed by atoms with Crippen molar-refractivity contribution in [1.82, 2.24) is 4.57 Å². The van der Waals surface area contributed by atoms with Crippen molar-refractivity contribution in [2.75, 3.05) is 0 Å². The van der Waals surface area contributed by atoms with E-state index in [1.165, 1.54) is 11.3 Å². The predicted octanol–water partition coefficient (Wildman–Crippen LogP) is 3.05. The molecule has 3 aromatic rings. The molecule has 3 rings (SSSR count). The fourth-order valence-corrected chi connectivity index (χ4v) is 4.07. The number of hydrogen-bond donors (Lipinski definition) is 0. The lowest BCUT2D eigenvalue weighted by Gasteiger charge is -1.99. The van der Waals surface area contributed by atoms with Crippen LogP contribution >= 0.6 is 11.3 Å². The third kappa shape index (κ3) is 3.45. The van der Waals surface area contributed by atoms with Crippen LogP contribution < -0.4 is 14.8 Å². The zero-order chi connectivity index (χ0) is 19.4. The fraction of sp³-hybridized carbons (Fsp3) is 0.286. The molecule has 0 unspecified atom stereocenters. The molecule has 6 heteroatoms. The van der Waals surface area contributed by atoms with Gasteiger partial charge in [-0.05, 0) is 18.6 Å². The van der Waals surface area contributed by atoms with Crippen molar-refractivity contribution in [2.45, 2.75) is 39.7 Å². The molecule has 0 aliphatic heterocycles. The maximum Gasteiger partial charge on any atom is 0.269 e. The van der Waals surface area contributed by atoms with Crippen molar-refractivity contribution < 1.29 is 4.42 Å². The summed E-state index contributed by atoms with van der Waals surface area (Å²) in [5, 5.41) is 19.5. The number of benzene rings is 1. The van der Waals surface area contributed by atoms with Gasteiger partial charge in [-0.25, -0.2) is 0 Å². The number of hydrogen-bond acceptors (Lipinski definition) is 5. The summed E-state index contributed by atoms with van der Waals surface area (Å²) < 4.78 is 8.39. The van der Waals surface area contributed by atoms with Crippen LogP contribution in [0.15, 0.2) is 33.5 Å². The Morgan fingerprint density at radius 1 is 1.26 bits per heavy atom. The fourth-order valence-electron chi connectivity index (χ4n) is 3.01.